The highest BCUT2D eigenvalue weighted by atomic mass is 15.2. The monoisotopic (exact) mass is 214 g/mol. The predicted octanol–water partition coefficient (Wildman–Crippen LogP) is 2.73. The Hall–Kier alpha value is -0.0800. The summed E-state index contributed by atoms with van der Waals surface area (Å²) in [6, 6.07) is 1.07. The average molecular weight is 214 g/mol. The molecule has 2 atom stereocenters. The Morgan fingerprint density at radius 3 is 1.87 bits per heavy atom. The Kier molecular flexibility index (Phi) is 5.82. The van der Waals surface area contributed by atoms with Crippen molar-refractivity contribution in [1.29, 1.82) is 0 Å². The molecular weight excluding hydrogens is 184 g/mol. The largest absolute Gasteiger partial charge is 0.329 e. The van der Waals surface area contributed by atoms with Gasteiger partial charge in [-0.15, -0.1) is 0 Å². The molecule has 0 fully saturated rings. The molecule has 0 saturated carbocycles. The van der Waals surface area contributed by atoms with E-state index in [0.29, 0.717) is 23.4 Å². The summed E-state index contributed by atoms with van der Waals surface area (Å²) in [6.07, 6.45) is 1.19. The van der Waals surface area contributed by atoms with Crippen LogP contribution in [0, 0.1) is 11.3 Å². The lowest BCUT2D eigenvalue weighted by atomic mass is 9.86. The van der Waals surface area contributed by atoms with E-state index in [1.54, 1.807) is 0 Å². The van der Waals surface area contributed by atoms with Gasteiger partial charge in [-0.2, -0.15) is 0 Å². The maximum absolute atomic E-state index is 5.86. The van der Waals surface area contributed by atoms with E-state index >= 15 is 0 Å². The van der Waals surface area contributed by atoms with Crippen LogP contribution in [-0.4, -0.2) is 30.6 Å². The quantitative estimate of drug-likeness (QED) is 0.762. The van der Waals surface area contributed by atoms with Crippen LogP contribution in [0.3, 0.4) is 0 Å². The molecule has 2 heteroatoms. The van der Waals surface area contributed by atoms with Gasteiger partial charge in [-0.3, -0.25) is 4.90 Å². The maximum Gasteiger partial charge on any atom is 0.0220 e. The minimum absolute atomic E-state index is 0.319. The Bertz CT molecular complexity index is 170. The van der Waals surface area contributed by atoms with Crippen LogP contribution in [0.15, 0.2) is 0 Å². The highest BCUT2D eigenvalue weighted by molar-refractivity contribution is 4.83. The minimum atomic E-state index is 0.319. The maximum atomic E-state index is 5.86. The second-order valence-electron chi connectivity index (χ2n) is 6.23. The SMILES string of the molecule is CC(C)CC(CN)N(C)C(C)C(C)(C)C. The normalized spacial score (nSPS) is 17.2. The minimum Gasteiger partial charge on any atom is -0.329 e. The van der Waals surface area contributed by atoms with Gasteiger partial charge in [0.1, 0.15) is 0 Å². The molecule has 0 aromatic carbocycles. The van der Waals surface area contributed by atoms with Crippen LogP contribution in [-0.2, 0) is 0 Å². The van der Waals surface area contributed by atoms with E-state index in [1.807, 2.05) is 0 Å². The van der Waals surface area contributed by atoms with Crippen molar-refractivity contribution in [3.8, 4) is 0 Å². The highest BCUT2D eigenvalue weighted by Gasteiger charge is 2.28. The zero-order valence-electron chi connectivity index (χ0n) is 11.7. The van der Waals surface area contributed by atoms with E-state index in [2.05, 4.69) is 53.5 Å². The lowest BCUT2D eigenvalue weighted by molar-refractivity contribution is 0.0899. The molecule has 0 heterocycles. The molecule has 15 heavy (non-hydrogen) atoms. The van der Waals surface area contributed by atoms with Crippen molar-refractivity contribution >= 4 is 0 Å². The van der Waals surface area contributed by atoms with Crippen LogP contribution in [0.2, 0.25) is 0 Å². The smallest absolute Gasteiger partial charge is 0.0220 e. The van der Waals surface area contributed by atoms with Gasteiger partial charge in [0.25, 0.3) is 0 Å². The number of hydrogen-bond acceptors (Lipinski definition) is 2. The van der Waals surface area contributed by atoms with Gasteiger partial charge < -0.3 is 5.73 Å². The van der Waals surface area contributed by atoms with Crippen molar-refractivity contribution in [2.24, 2.45) is 17.1 Å². The fraction of sp³-hybridized carbons (Fsp3) is 1.00. The molecule has 0 amide bonds. The fourth-order valence-electron chi connectivity index (χ4n) is 1.90. The lowest BCUT2D eigenvalue weighted by Gasteiger charge is -2.40. The van der Waals surface area contributed by atoms with Gasteiger partial charge in [0, 0.05) is 18.6 Å². The summed E-state index contributed by atoms with van der Waals surface area (Å²) < 4.78 is 0. The molecule has 0 spiro atoms. The van der Waals surface area contributed by atoms with Gasteiger partial charge in [-0.25, -0.2) is 0 Å². The third-order valence-electron chi connectivity index (χ3n) is 3.46. The van der Waals surface area contributed by atoms with E-state index in [4.69, 9.17) is 5.73 Å². The summed E-state index contributed by atoms with van der Waals surface area (Å²) in [5.74, 6) is 0.716. The number of hydrogen-bond donors (Lipinski definition) is 1. The third kappa shape index (κ3) is 4.98. The molecule has 0 radical (unpaired) electrons. The van der Waals surface area contributed by atoms with Crippen LogP contribution in [0.1, 0.15) is 48.0 Å². The van der Waals surface area contributed by atoms with Gasteiger partial charge in [-0.1, -0.05) is 34.6 Å². The summed E-state index contributed by atoms with van der Waals surface area (Å²) in [6.45, 7) is 14.4. The van der Waals surface area contributed by atoms with E-state index < -0.39 is 0 Å². The molecule has 92 valence electrons. The van der Waals surface area contributed by atoms with E-state index in [-0.39, 0.29) is 0 Å². The van der Waals surface area contributed by atoms with Crippen molar-refractivity contribution in [3.63, 3.8) is 0 Å². The lowest BCUT2D eigenvalue weighted by Crippen LogP contribution is -2.48. The van der Waals surface area contributed by atoms with Gasteiger partial charge in [0.05, 0.1) is 0 Å². The molecule has 0 aliphatic heterocycles. The highest BCUT2D eigenvalue weighted by Crippen LogP contribution is 2.25. The Balaban J connectivity index is 4.44. The number of likely N-dealkylation sites (N-methyl/N-ethyl adjacent to an activating group) is 1. The van der Waals surface area contributed by atoms with E-state index in [9.17, 15) is 0 Å². The summed E-state index contributed by atoms with van der Waals surface area (Å²) in [4.78, 5) is 2.44. The zero-order chi connectivity index (χ0) is 12.2. The topological polar surface area (TPSA) is 29.3 Å². The number of nitrogens with zero attached hydrogens (tertiary/aromatic N) is 1. The van der Waals surface area contributed by atoms with Crippen molar-refractivity contribution < 1.29 is 0 Å². The first-order valence-corrected chi connectivity index (χ1v) is 6.12. The van der Waals surface area contributed by atoms with Gasteiger partial charge in [-0.05, 0) is 31.7 Å². The molecule has 0 rings (SSSR count). The van der Waals surface area contributed by atoms with Crippen molar-refractivity contribution in [3.05, 3.63) is 0 Å². The molecule has 2 unspecified atom stereocenters. The first kappa shape index (κ1) is 14.9. The Morgan fingerprint density at radius 1 is 1.13 bits per heavy atom. The first-order chi connectivity index (χ1) is 6.70. The molecule has 0 aromatic rings. The van der Waals surface area contributed by atoms with E-state index in [1.165, 1.54) is 6.42 Å². The standard InChI is InChI=1S/C13H30N2/c1-10(2)8-12(9-14)15(7)11(3)13(4,5)6/h10-12H,8-9,14H2,1-7H3. The Morgan fingerprint density at radius 2 is 1.60 bits per heavy atom. The van der Waals surface area contributed by atoms with Crippen molar-refractivity contribution in [2.75, 3.05) is 13.6 Å². The van der Waals surface area contributed by atoms with Gasteiger partial charge >= 0.3 is 0 Å². The second kappa shape index (κ2) is 5.86. The van der Waals surface area contributed by atoms with Crippen LogP contribution in [0.4, 0.5) is 0 Å². The van der Waals surface area contributed by atoms with Crippen LogP contribution >= 0.6 is 0 Å². The average Bonchev–Trinajstić information content (AvgIpc) is 2.10. The molecule has 0 aliphatic carbocycles. The summed E-state index contributed by atoms with van der Waals surface area (Å²) in [5, 5.41) is 0. The van der Waals surface area contributed by atoms with Gasteiger partial charge in [0.2, 0.25) is 0 Å². The summed E-state index contributed by atoms with van der Waals surface area (Å²) in [5.41, 5.74) is 6.18. The molecule has 2 nitrogen and oxygen atoms in total. The molecule has 0 bridgehead atoms. The molecule has 0 aromatic heterocycles. The summed E-state index contributed by atoms with van der Waals surface area (Å²) in [7, 11) is 2.20. The second-order valence-corrected chi connectivity index (χ2v) is 6.23. The van der Waals surface area contributed by atoms with Gasteiger partial charge in [0.15, 0.2) is 0 Å². The predicted molar refractivity (Wildman–Crippen MR) is 69.0 cm³/mol. The van der Waals surface area contributed by atoms with Crippen LogP contribution in [0.25, 0.3) is 0 Å². The van der Waals surface area contributed by atoms with E-state index in [0.717, 1.165) is 6.54 Å². The van der Waals surface area contributed by atoms with Crippen molar-refractivity contribution in [1.82, 2.24) is 4.90 Å². The fourth-order valence-corrected chi connectivity index (χ4v) is 1.90. The summed E-state index contributed by atoms with van der Waals surface area (Å²) >= 11 is 0. The molecular formula is C13H30N2. The molecule has 0 saturated heterocycles. The third-order valence-corrected chi connectivity index (χ3v) is 3.46. The van der Waals surface area contributed by atoms with Crippen molar-refractivity contribution in [2.45, 2.75) is 60.0 Å². The van der Waals surface area contributed by atoms with Crippen LogP contribution in [0.5, 0.6) is 0 Å². The zero-order valence-corrected chi connectivity index (χ0v) is 11.7. The molecule has 0 aliphatic rings. The molecule has 2 N–H and O–H groups in total. The number of rotatable bonds is 5. The van der Waals surface area contributed by atoms with Crippen LogP contribution < -0.4 is 5.73 Å². The Labute approximate surface area is 96.2 Å². The number of nitrogens with two attached hydrogens (primary N) is 1. The first-order valence-electron chi connectivity index (χ1n) is 6.12.